The van der Waals surface area contributed by atoms with Gasteiger partial charge in [0.25, 0.3) is 0 Å². The molecule has 1 aliphatic rings. The number of para-hydroxylation sites is 2. The van der Waals surface area contributed by atoms with Crippen LogP contribution in [-0.4, -0.2) is 48.2 Å². The van der Waals surface area contributed by atoms with Crippen LogP contribution < -0.4 is 10.6 Å². The van der Waals surface area contributed by atoms with Crippen LogP contribution in [0.2, 0.25) is 0 Å². The molecule has 0 radical (unpaired) electrons. The Morgan fingerprint density at radius 2 is 2.35 bits per heavy atom. The van der Waals surface area contributed by atoms with Crippen molar-refractivity contribution in [3.05, 3.63) is 30.1 Å². The monoisotopic (exact) mass is 274 g/mol. The lowest BCUT2D eigenvalue weighted by Crippen LogP contribution is -2.48. The highest BCUT2D eigenvalue weighted by atomic mass is 16.5. The fraction of sp³-hybridized carbons (Fsp3) is 0.429. The van der Waals surface area contributed by atoms with Crippen LogP contribution in [0.3, 0.4) is 0 Å². The number of carbonyl (C=O) groups is 1. The Kier molecular flexibility index (Phi) is 3.94. The third kappa shape index (κ3) is 2.97. The minimum absolute atomic E-state index is 0.0617. The zero-order valence-electron chi connectivity index (χ0n) is 11.2. The van der Waals surface area contributed by atoms with Crippen LogP contribution in [0.25, 0.3) is 11.0 Å². The van der Waals surface area contributed by atoms with E-state index in [1.54, 1.807) is 0 Å². The van der Waals surface area contributed by atoms with Gasteiger partial charge in [-0.2, -0.15) is 0 Å². The van der Waals surface area contributed by atoms with E-state index in [2.05, 4.69) is 20.6 Å². The maximum absolute atomic E-state index is 11.9. The molecule has 0 aliphatic carbocycles. The molecule has 0 spiro atoms. The lowest BCUT2D eigenvalue weighted by molar-refractivity contribution is -0.134. The molecule has 2 aromatic rings. The molecule has 6 nitrogen and oxygen atoms in total. The second-order valence-electron chi connectivity index (χ2n) is 4.81. The number of ether oxygens (including phenoxy) is 1. The van der Waals surface area contributed by atoms with Crippen molar-refractivity contribution in [3.63, 3.8) is 0 Å². The van der Waals surface area contributed by atoms with Crippen molar-refractivity contribution in [3.8, 4) is 0 Å². The highest BCUT2D eigenvalue weighted by molar-refractivity contribution is 5.81. The molecule has 1 aromatic heterocycles. The summed E-state index contributed by atoms with van der Waals surface area (Å²) in [6.45, 7) is 2.53. The standard InChI is InChI=1S/C14H18N4O2/c19-14(12-9-15-7-8-20-12)16-6-5-13-17-10-3-1-2-4-11(10)18-13/h1-4,12,15H,5-9H2,(H,16,19)(H,17,18)/t12-/m0/s1. The molecule has 1 saturated heterocycles. The molecule has 1 aromatic carbocycles. The molecule has 2 heterocycles. The van der Waals surface area contributed by atoms with E-state index in [-0.39, 0.29) is 12.0 Å². The number of fused-ring (bicyclic) bond motifs is 1. The summed E-state index contributed by atoms with van der Waals surface area (Å²) in [5.74, 6) is 0.822. The SMILES string of the molecule is O=C(NCCc1nc2ccccc2[nH]1)[C@@H]1CNCCO1. The second-order valence-corrected chi connectivity index (χ2v) is 4.81. The normalized spacial score (nSPS) is 19.1. The van der Waals surface area contributed by atoms with Crippen molar-refractivity contribution in [2.45, 2.75) is 12.5 Å². The van der Waals surface area contributed by atoms with E-state index in [1.165, 1.54) is 0 Å². The lowest BCUT2D eigenvalue weighted by atomic mass is 10.3. The highest BCUT2D eigenvalue weighted by Crippen LogP contribution is 2.10. The molecule has 1 atom stereocenters. The predicted octanol–water partition coefficient (Wildman–Crippen LogP) is 0.210. The maximum Gasteiger partial charge on any atom is 0.250 e. The molecule has 3 N–H and O–H groups in total. The summed E-state index contributed by atoms with van der Waals surface area (Å²) in [5.41, 5.74) is 1.97. The van der Waals surface area contributed by atoms with Gasteiger partial charge in [0.2, 0.25) is 5.91 Å². The smallest absolute Gasteiger partial charge is 0.250 e. The number of hydrogen-bond donors (Lipinski definition) is 3. The van der Waals surface area contributed by atoms with Crippen molar-refractivity contribution in [2.24, 2.45) is 0 Å². The average molecular weight is 274 g/mol. The Morgan fingerprint density at radius 1 is 1.45 bits per heavy atom. The molecular weight excluding hydrogens is 256 g/mol. The third-order valence-corrected chi connectivity index (χ3v) is 3.32. The Balaban J connectivity index is 1.50. The van der Waals surface area contributed by atoms with Gasteiger partial charge < -0.3 is 20.4 Å². The van der Waals surface area contributed by atoms with Gasteiger partial charge in [0.15, 0.2) is 0 Å². The largest absolute Gasteiger partial charge is 0.366 e. The van der Waals surface area contributed by atoms with E-state index >= 15 is 0 Å². The topological polar surface area (TPSA) is 79.0 Å². The number of nitrogens with one attached hydrogen (secondary N) is 3. The Hall–Kier alpha value is -1.92. The number of benzene rings is 1. The van der Waals surface area contributed by atoms with Gasteiger partial charge in [-0.25, -0.2) is 4.98 Å². The van der Waals surface area contributed by atoms with Gasteiger partial charge in [-0.3, -0.25) is 4.79 Å². The zero-order valence-corrected chi connectivity index (χ0v) is 11.2. The minimum atomic E-state index is -0.376. The quantitative estimate of drug-likeness (QED) is 0.744. The Labute approximate surface area is 116 Å². The highest BCUT2D eigenvalue weighted by Gasteiger charge is 2.21. The van der Waals surface area contributed by atoms with Crippen LogP contribution in [0.4, 0.5) is 0 Å². The summed E-state index contributed by atoms with van der Waals surface area (Å²) in [5, 5.41) is 6.02. The molecule has 1 fully saturated rings. The number of nitrogens with zero attached hydrogens (tertiary/aromatic N) is 1. The molecule has 0 saturated carbocycles. The van der Waals surface area contributed by atoms with E-state index in [9.17, 15) is 4.79 Å². The summed E-state index contributed by atoms with van der Waals surface area (Å²) in [6, 6.07) is 7.89. The molecule has 20 heavy (non-hydrogen) atoms. The Bertz CT molecular complexity index is 557. The second kappa shape index (κ2) is 6.02. The molecular formula is C14H18N4O2. The first-order valence-corrected chi connectivity index (χ1v) is 6.86. The molecule has 1 aliphatic heterocycles. The molecule has 106 valence electrons. The van der Waals surface area contributed by atoms with Gasteiger partial charge in [-0.15, -0.1) is 0 Å². The zero-order chi connectivity index (χ0) is 13.8. The lowest BCUT2D eigenvalue weighted by Gasteiger charge is -2.22. The number of carbonyl (C=O) groups excluding carboxylic acids is 1. The van der Waals surface area contributed by atoms with Crippen LogP contribution in [0.15, 0.2) is 24.3 Å². The van der Waals surface area contributed by atoms with E-state index in [1.807, 2.05) is 24.3 Å². The third-order valence-electron chi connectivity index (χ3n) is 3.32. The van der Waals surface area contributed by atoms with E-state index in [0.717, 1.165) is 23.4 Å². The predicted molar refractivity (Wildman–Crippen MR) is 75.4 cm³/mol. The number of aromatic nitrogens is 2. The van der Waals surface area contributed by atoms with Crippen LogP contribution in [0, 0.1) is 0 Å². The summed E-state index contributed by atoms with van der Waals surface area (Å²) in [4.78, 5) is 19.6. The summed E-state index contributed by atoms with van der Waals surface area (Å²) < 4.78 is 5.39. The summed E-state index contributed by atoms with van der Waals surface area (Å²) in [7, 11) is 0. The van der Waals surface area contributed by atoms with Crippen molar-refractivity contribution >= 4 is 16.9 Å². The number of rotatable bonds is 4. The van der Waals surface area contributed by atoms with E-state index < -0.39 is 0 Å². The average Bonchev–Trinajstić information content (AvgIpc) is 2.90. The number of imidazole rings is 1. The number of amides is 1. The van der Waals surface area contributed by atoms with Crippen LogP contribution in [0.5, 0.6) is 0 Å². The number of morpholine rings is 1. The van der Waals surface area contributed by atoms with Gasteiger partial charge in [0.1, 0.15) is 11.9 Å². The van der Waals surface area contributed by atoms with Crippen LogP contribution in [-0.2, 0) is 16.0 Å². The summed E-state index contributed by atoms with van der Waals surface area (Å²) >= 11 is 0. The van der Waals surface area contributed by atoms with Crippen LogP contribution in [0.1, 0.15) is 5.82 Å². The maximum atomic E-state index is 11.9. The Morgan fingerprint density at radius 3 is 3.15 bits per heavy atom. The van der Waals surface area contributed by atoms with Crippen molar-refractivity contribution < 1.29 is 9.53 Å². The van der Waals surface area contributed by atoms with Gasteiger partial charge in [-0.1, -0.05) is 12.1 Å². The molecule has 1 amide bonds. The summed E-state index contributed by atoms with van der Waals surface area (Å²) in [6.07, 6.45) is 0.306. The van der Waals surface area contributed by atoms with E-state index in [4.69, 9.17) is 4.74 Å². The van der Waals surface area contributed by atoms with Gasteiger partial charge in [0, 0.05) is 26.1 Å². The van der Waals surface area contributed by atoms with Gasteiger partial charge in [0.05, 0.1) is 17.6 Å². The van der Waals surface area contributed by atoms with Crippen molar-refractivity contribution in [2.75, 3.05) is 26.2 Å². The van der Waals surface area contributed by atoms with Crippen LogP contribution >= 0.6 is 0 Å². The first-order valence-electron chi connectivity index (χ1n) is 6.86. The van der Waals surface area contributed by atoms with Crippen molar-refractivity contribution in [1.29, 1.82) is 0 Å². The van der Waals surface area contributed by atoms with E-state index in [0.29, 0.717) is 26.1 Å². The number of hydrogen-bond acceptors (Lipinski definition) is 4. The number of H-pyrrole nitrogens is 1. The van der Waals surface area contributed by atoms with Gasteiger partial charge >= 0.3 is 0 Å². The number of aromatic amines is 1. The van der Waals surface area contributed by atoms with Crippen molar-refractivity contribution in [1.82, 2.24) is 20.6 Å². The fourth-order valence-electron chi connectivity index (χ4n) is 2.28. The minimum Gasteiger partial charge on any atom is -0.366 e. The molecule has 0 bridgehead atoms. The van der Waals surface area contributed by atoms with Gasteiger partial charge in [-0.05, 0) is 12.1 Å². The fourth-order valence-corrected chi connectivity index (χ4v) is 2.28. The molecule has 0 unspecified atom stereocenters. The molecule has 3 rings (SSSR count). The first kappa shape index (κ1) is 13.1. The first-order chi connectivity index (χ1) is 9.83. The molecule has 6 heteroatoms.